The van der Waals surface area contributed by atoms with E-state index in [1.165, 1.54) is 31.2 Å². The number of nitrogens with one attached hydrogen (secondary N) is 1. The summed E-state index contributed by atoms with van der Waals surface area (Å²) >= 11 is 0. The summed E-state index contributed by atoms with van der Waals surface area (Å²) in [6, 6.07) is 2.89. The zero-order valence-corrected chi connectivity index (χ0v) is 12.3. The Bertz CT molecular complexity index is 492. The van der Waals surface area contributed by atoms with Crippen LogP contribution in [0.4, 0.5) is 0 Å². The van der Waals surface area contributed by atoms with E-state index in [9.17, 15) is 0 Å². The monoisotopic (exact) mass is 272 g/mol. The van der Waals surface area contributed by atoms with Gasteiger partial charge in [-0.2, -0.15) is 0 Å². The standard InChI is InChI=1S/C17H24N2O/c1-3-8-19(11-14-4-5-14)12-16-9-13(2)17(20-16)10-18-15-6-7-15/h1,9,14-15,18H,4-8,10-12H2,2H3. The summed E-state index contributed by atoms with van der Waals surface area (Å²) in [5, 5.41) is 3.51. The number of terminal acetylenes is 1. The SMILES string of the molecule is C#CCN(Cc1cc(C)c(CNC2CC2)o1)CC1CC1. The lowest BCUT2D eigenvalue weighted by molar-refractivity contribution is 0.258. The van der Waals surface area contributed by atoms with E-state index in [-0.39, 0.29) is 0 Å². The number of hydrogen-bond donors (Lipinski definition) is 1. The van der Waals surface area contributed by atoms with Crippen molar-refractivity contribution in [2.24, 2.45) is 5.92 Å². The van der Waals surface area contributed by atoms with Crippen molar-refractivity contribution in [3.63, 3.8) is 0 Å². The average Bonchev–Trinajstić information content (AvgIpc) is 3.30. The maximum absolute atomic E-state index is 6.00. The Morgan fingerprint density at radius 1 is 1.40 bits per heavy atom. The second-order valence-corrected chi connectivity index (χ2v) is 6.29. The van der Waals surface area contributed by atoms with Gasteiger partial charge < -0.3 is 9.73 Å². The zero-order valence-electron chi connectivity index (χ0n) is 12.3. The highest BCUT2D eigenvalue weighted by Crippen LogP contribution is 2.30. The fraction of sp³-hybridized carbons (Fsp3) is 0.647. The predicted octanol–water partition coefficient (Wildman–Crippen LogP) is 2.69. The van der Waals surface area contributed by atoms with Gasteiger partial charge in [-0.25, -0.2) is 0 Å². The van der Waals surface area contributed by atoms with Crippen LogP contribution in [0.15, 0.2) is 10.5 Å². The molecule has 0 amide bonds. The number of hydrogen-bond acceptors (Lipinski definition) is 3. The Balaban J connectivity index is 1.56. The Morgan fingerprint density at radius 2 is 2.20 bits per heavy atom. The molecule has 1 heterocycles. The van der Waals surface area contributed by atoms with E-state index in [0.29, 0.717) is 6.54 Å². The first-order chi connectivity index (χ1) is 9.74. The molecule has 1 aromatic rings. The van der Waals surface area contributed by atoms with Gasteiger partial charge in [-0.15, -0.1) is 6.42 Å². The van der Waals surface area contributed by atoms with Crippen LogP contribution >= 0.6 is 0 Å². The van der Waals surface area contributed by atoms with Crippen LogP contribution in [0.25, 0.3) is 0 Å². The maximum Gasteiger partial charge on any atom is 0.120 e. The van der Waals surface area contributed by atoms with Crippen LogP contribution in [-0.2, 0) is 13.1 Å². The molecule has 0 bridgehead atoms. The lowest BCUT2D eigenvalue weighted by atomic mass is 10.2. The van der Waals surface area contributed by atoms with E-state index in [4.69, 9.17) is 10.8 Å². The molecule has 0 aliphatic heterocycles. The van der Waals surface area contributed by atoms with E-state index >= 15 is 0 Å². The van der Waals surface area contributed by atoms with Gasteiger partial charge in [0.25, 0.3) is 0 Å². The molecule has 3 heteroatoms. The second kappa shape index (κ2) is 6.03. The van der Waals surface area contributed by atoms with Gasteiger partial charge in [0, 0.05) is 12.6 Å². The van der Waals surface area contributed by atoms with Gasteiger partial charge in [-0.05, 0) is 50.2 Å². The summed E-state index contributed by atoms with van der Waals surface area (Å²) in [5.74, 6) is 5.75. The van der Waals surface area contributed by atoms with Crippen LogP contribution in [0.1, 0.15) is 42.8 Å². The molecule has 0 atom stereocenters. The van der Waals surface area contributed by atoms with Gasteiger partial charge in [0.1, 0.15) is 11.5 Å². The highest BCUT2D eigenvalue weighted by Gasteiger charge is 2.25. The van der Waals surface area contributed by atoms with Crippen molar-refractivity contribution < 1.29 is 4.42 Å². The van der Waals surface area contributed by atoms with Gasteiger partial charge in [0.2, 0.25) is 0 Å². The molecule has 0 saturated heterocycles. The van der Waals surface area contributed by atoms with E-state index in [0.717, 1.165) is 43.1 Å². The minimum absolute atomic E-state index is 0.714. The maximum atomic E-state index is 6.00. The van der Waals surface area contributed by atoms with Crippen LogP contribution in [0, 0.1) is 25.2 Å². The molecule has 0 spiro atoms. The molecule has 20 heavy (non-hydrogen) atoms. The van der Waals surface area contributed by atoms with Gasteiger partial charge in [-0.3, -0.25) is 4.90 Å². The van der Waals surface area contributed by atoms with Crippen molar-refractivity contribution in [2.45, 2.75) is 51.7 Å². The molecule has 0 unspecified atom stereocenters. The van der Waals surface area contributed by atoms with Gasteiger partial charge in [0.05, 0.1) is 19.6 Å². The van der Waals surface area contributed by atoms with Crippen molar-refractivity contribution >= 4 is 0 Å². The van der Waals surface area contributed by atoms with Crippen molar-refractivity contribution in [3.8, 4) is 12.3 Å². The Hall–Kier alpha value is -1.24. The fourth-order valence-electron chi connectivity index (χ4n) is 2.57. The molecule has 2 aliphatic rings. The Kier molecular flexibility index (Phi) is 4.14. The molecule has 2 aliphatic carbocycles. The van der Waals surface area contributed by atoms with Crippen molar-refractivity contribution in [3.05, 3.63) is 23.2 Å². The largest absolute Gasteiger partial charge is 0.463 e. The molecule has 0 radical (unpaired) electrons. The number of aryl methyl sites for hydroxylation is 1. The van der Waals surface area contributed by atoms with E-state index < -0.39 is 0 Å². The quantitative estimate of drug-likeness (QED) is 0.738. The Morgan fingerprint density at radius 3 is 2.85 bits per heavy atom. The second-order valence-electron chi connectivity index (χ2n) is 6.29. The molecular formula is C17H24N2O. The minimum Gasteiger partial charge on any atom is -0.463 e. The highest BCUT2D eigenvalue weighted by atomic mass is 16.3. The van der Waals surface area contributed by atoms with Crippen LogP contribution in [0.5, 0.6) is 0 Å². The van der Waals surface area contributed by atoms with Crippen molar-refractivity contribution in [1.29, 1.82) is 0 Å². The van der Waals surface area contributed by atoms with E-state index in [2.05, 4.69) is 29.1 Å². The molecule has 2 fully saturated rings. The first-order valence-electron chi connectivity index (χ1n) is 7.72. The predicted molar refractivity (Wildman–Crippen MR) is 80.1 cm³/mol. The summed E-state index contributed by atoms with van der Waals surface area (Å²) in [7, 11) is 0. The highest BCUT2D eigenvalue weighted by molar-refractivity contribution is 5.20. The normalized spacial score (nSPS) is 18.4. The van der Waals surface area contributed by atoms with Crippen molar-refractivity contribution in [1.82, 2.24) is 10.2 Å². The van der Waals surface area contributed by atoms with Crippen LogP contribution in [0.3, 0.4) is 0 Å². The fourth-order valence-corrected chi connectivity index (χ4v) is 2.57. The summed E-state index contributed by atoms with van der Waals surface area (Å²) in [6.45, 7) is 5.65. The first kappa shape index (κ1) is 13.7. The molecule has 1 aromatic heterocycles. The Labute approximate surface area is 121 Å². The summed E-state index contributed by atoms with van der Waals surface area (Å²) in [6.07, 6.45) is 10.8. The minimum atomic E-state index is 0.714. The molecule has 3 rings (SSSR count). The molecule has 2 saturated carbocycles. The van der Waals surface area contributed by atoms with Gasteiger partial charge >= 0.3 is 0 Å². The summed E-state index contributed by atoms with van der Waals surface area (Å²) in [5.41, 5.74) is 1.25. The van der Waals surface area contributed by atoms with Gasteiger partial charge in [-0.1, -0.05) is 5.92 Å². The third-order valence-electron chi connectivity index (χ3n) is 4.11. The number of furan rings is 1. The van der Waals surface area contributed by atoms with Crippen LogP contribution < -0.4 is 5.32 Å². The van der Waals surface area contributed by atoms with Crippen LogP contribution in [0.2, 0.25) is 0 Å². The number of nitrogens with zero attached hydrogens (tertiary/aromatic N) is 1. The summed E-state index contributed by atoms with van der Waals surface area (Å²) in [4.78, 5) is 2.33. The third-order valence-corrected chi connectivity index (χ3v) is 4.11. The van der Waals surface area contributed by atoms with Crippen LogP contribution in [-0.4, -0.2) is 24.0 Å². The molecule has 108 valence electrons. The van der Waals surface area contributed by atoms with Crippen molar-refractivity contribution in [2.75, 3.05) is 13.1 Å². The summed E-state index contributed by atoms with van der Waals surface area (Å²) < 4.78 is 6.00. The zero-order chi connectivity index (χ0) is 13.9. The molecule has 0 aromatic carbocycles. The van der Waals surface area contributed by atoms with Gasteiger partial charge in [0.15, 0.2) is 0 Å². The lowest BCUT2D eigenvalue weighted by Crippen LogP contribution is -2.25. The third kappa shape index (κ3) is 3.88. The smallest absolute Gasteiger partial charge is 0.120 e. The average molecular weight is 272 g/mol. The number of rotatable bonds is 8. The topological polar surface area (TPSA) is 28.4 Å². The molecule has 1 N–H and O–H groups in total. The lowest BCUT2D eigenvalue weighted by Gasteiger charge is -2.17. The molecular weight excluding hydrogens is 248 g/mol. The first-order valence-corrected chi connectivity index (χ1v) is 7.72. The van der Waals surface area contributed by atoms with E-state index in [1.54, 1.807) is 0 Å². The molecule has 3 nitrogen and oxygen atoms in total. The van der Waals surface area contributed by atoms with E-state index in [1.807, 2.05) is 0 Å².